The first-order valence-electron chi connectivity index (χ1n) is 15.7. The summed E-state index contributed by atoms with van der Waals surface area (Å²) in [7, 11) is 0. The number of nitrogens with zero attached hydrogens (tertiary/aromatic N) is 1. The highest BCUT2D eigenvalue weighted by molar-refractivity contribution is 6.07. The van der Waals surface area contributed by atoms with Gasteiger partial charge in [-0.2, -0.15) is 0 Å². The molecular weight excluding hydrogens is 558 g/mol. The lowest BCUT2D eigenvalue weighted by atomic mass is 10.0. The van der Waals surface area contributed by atoms with Crippen LogP contribution in [0.5, 0.6) is 0 Å². The second-order valence-electron chi connectivity index (χ2n) is 11.8. The van der Waals surface area contributed by atoms with E-state index in [1.807, 2.05) is 0 Å². The largest absolute Gasteiger partial charge is 0.440 e. The standard InChI is InChI=1S/C44H29NO/c1-3-10-35-27-37(15-13-30(35)7-1)32-17-22-39(23-18-32)45(44-29-42-41-12-6-5-9-34(41)21-26-43(42)46-44)40-24-19-33(20-25-40)38-16-14-31-8-2-4-11-36(31)28-38/h1-29H. The molecule has 9 rings (SSSR count). The Morgan fingerprint density at radius 2 is 0.783 bits per heavy atom. The third-order valence-corrected chi connectivity index (χ3v) is 9.05. The summed E-state index contributed by atoms with van der Waals surface area (Å²) >= 11 is 0. The van der Waals surface area contributed by atoms with E-state index in [1.54, 1.807) is 0 Å². The molecule has 0 radical (unpaired) electrons. The van der Waals surface area contributed by atoms with Crippen molar-refractivity contribution in [2.75, 3.05) is 4.90 Å². The van der Waals surface area contributed by atoms with Gasteiger partial charge in [0, 0.05) is 22.8 Å². The molecule has 0 aliphatic carbocycles. The summed E-state index contributed by atoms with van der Waals surface area (Å²) in [4.78, 5) is 2.21. The molecule has 0 fully saturated rings. The number of rotatable bonds is 5. The van der Waals surface area contributed by atoms with Gasteiger partial charge >= 0.3 is 0 Å². The Balaban J connectivity index is 1.14. The van der Waals surface area contributed by atoms with E-state index in [-0.39, 0.29) is 0 Å². The van der Waals surface area contributed by atoms with E-state index in [9.17, 15) is 0 Å². The number of hydrogen-bond acceptors (Lipinski definition) is 2. The smallest absolute Gasteiger partial charge is 0.205 e. The van der Waals surface area contributed by atoms with Crippen molar-refractivity contribution < 1.29 is 4.42 Å². The van der Waals surface area contributed by atoms with E-state index >= 15 is 0 Å². The van der Waals surface area contributed by atoms with Gasteiger partial charge in [0.15, 0.2) is 0 Å². The maximum atomic E-state index is 6.60. The third-order valence-electron chi connectivity index (χ3n) is 9.05. The molecule has 1 heterocycles. The maximum absolute atomic E-state index is 6.60. The van der Waals surface area contributed by atoms with Crippen molar-refractivity contribution in [1.29, 1.82) is 0 Å². The Labute approximate surface area is 267 Å². The molecule has 0 spiro atoms. The molecule has 0 saturated carbocycles. The van der Waals surface area contributed by atoms with E-state index in [0.717, 1.165) is 28.2 Å². The van der Waals surface area contributed by atoms with Crippen molar-refractivity contribution in [2.45, 2.75) is 0 Å². The molecule has 0 aliphatic heterocycles. The van der Waals surface area contributed by atoms with Gasteiger partial charge in [-0.25, -0.2) is 0 Å². The van der Waals surface area contributed by atoms with Gasteiger partial charge in [0.05, 0.1) is 0 Å². The molecule has 46 heavy (non-hydrogen) atoms. The first-order valence-corrected chi connectivity index (χ1v) is 15.7. The zero-order chi connectivity index (χ0) is 30.5. The molecule has 2 heteroatoms. The molecule has 9 aromatic rings. The predicted octanol–water partition coefficient (Wildman–Crippen LogP) is 12.7. The number of fused-ring (bicyclic) bond motifs is 5. The number of hydrogen-bond donors (Lipinski definition) is 0. The highest BCUT2D eigenvalue weighted by Gasteiger charge is 2.18. The number of benzene rings is 8. The van der Waals surface area contributed by atoms with Crippen LogP contribution >= 0.6 is 0 Å². The van der Waals surface area contributed by atoms with Gasteiger partial charge in [-0.3, -0.25) is 4.90 Å². The van der Waals surface area contributed by atoms with Gasteiger partial charge in [-0.1, -0.05) is 127 Å². The van der Waals surface area contributed by atoms with Crippen LogP contribution in [0.4, 0.5) is 17.3 Å². The average molecular weight is 588 g/mol. The van der Waals surface area contributed by atoms with Crippen LogP contribution < -0.4 is 4.90 Å². The molecule has 0 N–H and O–H groups in total. The molecule has 0 bridgehead atoms. The van der Waals surface area contributed by atoms with Gasteiger partial charge in [-0.15, -0.1) is 0 Å². The molecule has 0 atom stereocenters. The quantitative estimate of drug-likeness (QED) is 0.199. The fraction of sp³-hybridized carbons (Fsp3) is 0. The van der Waals surface area contributed by atoms with Gasteiger partial charge in [-0.05, 0) is 97.0 Å². The average Bonchev–Trinajstić information content (AvgIpc) is 3.56. The number of furan rings is 1. The molecule has 0 amide bonds. The van der Waals surface area contributed by atoms with E-state index in [4.69, 9.17) is 4.42 Å². The van der Waals surface area contributed by atoms with Crippen molar-refractivity contribution in [1.82, 2.24) is 0 Å². The fourth-order valence-electron chi connectivity index (χ4n) is 6.64. The van der Waals surface area contributed by atoms with E-state index < -0.39 is 0 Å². The molecule has 1 aromatic heterocycles. The minimum atomic E-state index is 0.781. The van der Waals surface area contributed by atoms with E-state index in [0.29, 0.717) is 0 Å². The second kappa shape index (κ2) is 10.8. The summed E-state index contributed by atoms with van der Waals surface area (Å²) < 4.78 is 6.60. The Hall–Kier alpha value is -6.12. The Kier molecular flexibility index (Phi) is 6.17. The normalized spacial score (nSPS) is 11.5. The molecule has 2 nitrogen and oxygen atoms in total. The van der Waals surface area contributed by atoms with Crippen LogP contribution in [0.15, 0.2) is 180 Å². The van der Waals surface area contributed by atoms with Crippen LogP contribution in [0.3, 0.4) is 0 Å². The topological polar surface area (TPSA) is 16.4 Å². The molecule has 0 saturated heterocycles. The van der Waals surface area contributed by atoms with Crippen molar-refractivity contribution in [2.24, 2.45) is 0 Å². The highest BCUT2D eigenvalue weighted by atomic mass is 16.4. The van der Waals surface area contributed by atoms with Gasteiger partial charge in [0.25, 0.3) is 0 Å². The van der Waals surface area contributed by atoms with Crippen molar-refractivity contribution in [3.05, 3.63) is 176 Å². The third kappa shape index (κ3) is 4.60. The van der Waals surface area contributed by atoms with Gasteiger partial charge in [0.1, 0.15) is 5.58 Å². The summed E-state index contributed by atoms with van der Waals surface area (Å²) in [6.07, 6.45) is 0. The summed E-state index contributed by atoms with van der Waals surface area (Å²) in [5.41, 5.74) is 7.70. The van der Waals surface area contributed by atoms with Crippen LogP contribution in [0.2, 0.25) is 0 Å². The SMILES string of the molecule is c1ccc2cc(-c3ccc(N(c4ccc(-c5ccc6ccccc6c5)cc4)c4cc5c(ccc6ccccc65)o4)cc3)ccc2c1. The van der Waals surface area contributed by atoms with Crippen LogP contribution in [0.1, 0.15) is 0 Å². The summed E-state index contributed by atoms with van der Waals surface area (Å²) in [5, 5.41) is 8.48. The lowest BCUT2D eigenvalue weighted by Gasteiger charge is -2.23. The molecular formula is C44H29NO. The highest BCUT2D eigenvalue weighted by Crippen LogP contribution is 2.41. The van der Waals surface area contributed by atoms with E-state index in [2.05, 4.69) is 181 Å². The number of anilines is 3. The Morgan fingerprint density at radius 1 is 0.326 bits per heavy atom. The van der Waals surface area contributed by atoms with Gasteiger partial charge < -0.3 is 4.42 Å². The summed E-state index contributed by atoms with van der Waals surface area (Å²) in [6, 6.07) is 62.7. The Bertz CT molecular complexity index is 2400. The van der Waals surface area contributed by atoms with Gasteiger partial charge in [0.2, 0.25) is 5.88 Å². The van der Waals surface area contributed by atoms with Crippen LogP contribution in [-0.4, -0.2) is 0 Å². The monoisotopic (exact) mass is 587 g/mol. The summed E-state index contributed by atoms with van der Waals surface area (Å²) in [6.45, 7) is 0. The van der Waals surface area contributed by atoms with E-state index in [1.165, 1.54) is 54.6 Å². The second-order valence-corrected chi connectivity index (χ2v) is 11.8. The first kappa shape index (κ1) is 26.3. The minimum Gasteiger partial charge on any atom is -0.440 e. The van der Waals surface area contributed by atoms with Crippen molar-refractivity contribution >= 4 is 60.5 Å². The zero-order valence-electron chi connectivity index (χ0n) is 25.1. The molecule has 216 valence electrons. The zero-order valence-corrected chi connectivity index (χ0v) is 25.1. The van der Waals surface area contributed by atoms with Crippen LogP contribution in [-0.2, 0) is 0 Å². The lowest BCUT2D eigenvalue weighted by Crippen LogP contribution is -2.08. The molecule has 0 aliphatic rings. The Morgan fingerprint density at radius 3 is 1.35 bits per heavy atom. The minimum absolute atomic E-state index is 0.781. The molecule has 8 aromatic carbocycles. The summed E-state index contributed by atoms with van der Waals surface area (Å²) in [5.74, 6) is 0.781. The van der Waals surface area contributed by atoms with Crippen molar-refractivity contribution in [3.63, 3.8) is 0 Å². The van der Waals surface area contributed by atoms with Crippen molar-refractivity contribution in [3.8, 4) is 22.3 Å². The fourth-order valence-corrected chi connectivity index (χ4v) is 6.64. The van der Waals surface area contributed by atoms with Crippen LogP contribution in [0.25, 0.3) is 65.5 Å². The lowest BCUT2D eigenvalue weighted by molar-refractivity contribution is 0.621. The molecule has 0 unspecified atom stereocenters. The maximum Gasteiger partial charge on any atom is 0.205 e. The predicted molar refractivity (Wildman–Crippen MR) is 194 cm³/mol. The first-order chi connectivity index (χ1) is 22.8. The van der Waals surface area contributed by atoms with Crippen LogP contribution in [0, 0.1) is 0 Å².